The van der Waals surface area contributed by atoms with Crippen LogP contribution in [-0.4, -0.2) is 77.0 Å². The van der Waals surface area contributed by atoms with E-state index in [1.54, 1.807) is 6.07 Å². The highest BCUT2D eigenvalue weighted by atomic mass is 19.1. The Morgan fingerprint density at radius 1 is 1.07 bits per heavy atom. The summed E-state index contributed by atoms with van der Waals surface area (Å²) in [6, 6.07) is 10.0. The van der Waals surface area contributed by atoms with E-state index in [9.17, 15) is 18.4 Å². The Morgan fingerprint density at radius 2 is 1.80 bits per heavy atom. The molecule has 0 unspecified atom stereocenters. The third kappa shape index (κ3) is 5.77. The summed E-state index contributed by atoms with van der Waals surface area (Å²) in [6.07, 6.45) is 0.959. The number of aromatic nitrogens is 3. The van der Waals surface area contributed by atoms with Crippen LogP contribution in [0.15, 0.2) is 54.7 Å². The molecule has 4 aromatic rings. The predicted octanol–water partition coefficient (Wildman–Crippen LogP) is 4.47. The molecule has 0 radical (unpaired) electrons. The molecule has 0 saturated carbocycles. The van der Waals surface area contributed by atoms with Gasteiger partial charge < -0.3 is 30.3 Å². The summed E-state index contributed by atoms with van der Waals surface area (Å²) < 4.78 is 54.4. The number of fused-ring (bicyclic) bond motifs is 1. The number of rotatable bonds is 9. The van der Waals surface area contributed by atoms with Crippen molar-refractivity contribution < 1.29 is 32.2 Å². The van der Waals surface area contributed by atoms with Crippen LogP contribution in [0.5, 0.6) is 11.5 Å². The minimum absolute atomic E-state index is 0.0960. The van der Waals surface area contributed by atoms with E-state index in [0.29, 0.717) is 35.5 Å². The largest absolute Gasteiger partial charge is 0.453 e. The summed E-state index contributed by atoms with van der Waals surface area (Å²) in [4.78, 5) is 32.4. The second-order valence-corrected chi connectivity index (χ2v) is 10.8. The molecule has 11 nitrogen and oxygen atoms in total. The van der Waals surface area contributed by atoms with E-state index in [1.807, 2.05) is 11.8 Å². The van der Waals surface area contributed by atoms with E-state index < -0.39 is 41.1 Å². The maximum absolute atomic E-state index is 15.3. The number of H-pyrrole nitrogens is 1. The zero-order valence-electron chi connectivity index (χ0n) is 23.7. The van der Waals surface area contributed by atoms with Gasteiger partial charge in [-0.25, -0.2) is 18.2 Å². The van der Waals surface area contributed by atoms with Crippen LogP contribution in [-0.2, 0) is 14.3 Å². The summed E-state index contributed by atoms with van der Waals surface area (Å²) in [5, 5.41) is 15.8. The SMILES string of the molecule is CCN1CC[C@@H](Nc2n[nH]c3nccc(Oc4ccc(NC(=O)C5(C(=O)Nc6ccc(F)cc6)COC5)cc4F)c23)[C@@H](F)C1. The number of ether oxygens (including phenoxy) is 2. The molecule has 230 valence electrons. The lowest BCUT2D eigenvalue weighted by Crippen LogP contribution is -2.59. The maximum Gasteiger partial charge on any atom is 0.244 e. The molecule has 14 heteroatoms. The van der Waals surface area contributed by atoms with Crippen molar-refractivity contribution in [3.05, 3.63) is 66.4 Å². The number of carbonyl (C=O) groups is 2. The number of alkyl halides is 1. The van der Waals surface area contributed by atoms with Crippen molar-refractivity contribution in [2.75, 3.05) is 48.8 Å². The number of pyridine rings is 1. The molecule has 4 N–H and O–H groups in total. The molecule has 6 rings (SSSR count). The lowest BCUT2D eigenvalue weighted by atomic mass is 9.83. The zero-order valence-corrected chi connectivity index (χ0v) is 23.7. The first-order valence-electron chi connectivity index (χ1n) is 14.2. The van der Waals surface area contributed by atoms with Crippen LogP contribution in [0.1, 0.15) is 13.3 Å². The highest BCUT2D eigenvalue weighted by molar-refractivity contribution is 6.15. The standard InChI is InChI=1S/C30H30F3N7O4/c1-2-40-12-10-22(21(33)14-40)37-27-25-24(9-11-34-26(25)38-39-27)44-23-8-7-19(13-20(23)32)36-29(42)30(15-43-16-30)28(41)35-18-5-3-17(31)4-6-18/h3-9,11,13,21-22H,2,10,12,14-16H2,1H3,(H,35,41)(H,36,42)(H2,34,37,38,39)/t21-,22+/m0/s1. The van der Waals surface area contributed by atoms with Gasteiger partial charge >= 0.3 is 0 Å². The van der Waals surface area contributed by atoms with Crippen molar-refractivity contribution in [2.24, 2.45) is 5.41 Å². The molecule has 0 aliphatic carbocycles. The van der Waals surface area contributed by atoms with Crippen LogP contribution in [0, 0.1) is 17.0 Å². The van der Waals surface area contributed by atoms with Gasteiger partial charge in [0.1, 0.15) is 23.1 Å². The second-order valence-electron chi connectivity index (χ2n) is 10.8. The van der Waals surface area contributed by atoms with Gasteiger partial charge in [0.05, 0.1) is 19.3 Å². The molecule has 0 bridgehead atoms. The number of amides is 2. The summed E-state index contributed by atoms with van der Waals surface area (Å²) in [5.74, 6) is -2.12. The second kappa shape index (κ2) is 12.1. The van der Waals surface area contributed by atoms with Crippen LogP contribution in [0.4, 0.5) is 30.4 Å². The summed E-state index contributed by atoms with van der Waals surface area (Å²) in [7, 11) is 0. The summed E-state index contributed by atoms with van der Waals surface area (Å²) >= 11 is 0. The molecule has 44 heavy (non-hydrogen) atoms. The Bertz CT molecular complexity index is 1680. The average molecular weight is 610 g/mol. The first-order valence-corrected chi connectivity index (χ1v) is 14.2. The molecule has 0 spiro atoms. The van der Waals surface area contributed by atoms with Gasteiger partial charge in [-0.2, -0.15) is 5.10 Å². The Kier molecular flexibility index (Phi) is 8.10. The number of carbonyl (C=O) groups excluding carboxylic acids is 2. The number of piperidine rings is 1. The molecule has 2 amide bonds. The Balaban J connectivity index is 1.15. The van der Waals surface area contributed by atoms with Gasteiger partial charge in [-0.1, -0.05) is 6.92 Å². The first kappa shape index (κ1) is 29.4. The van der Waals surface area contributed by atoms with E-state index >= 15 is 4.39 Å². The van der Waals surface area contributed by atoms with E-state index in [-0.39, 0.29) is 30.4 Å². The van der Waals surface area contributed by atoms with Crippen molar-refractivity contribution in [1.29, 1.82) is 0 Å². The molecule has 2 aliphatic heterocycles. The molecule has 2 fully saturated rings. The Hall–Kier alpha value is -4.69. The van der Waals surface area contributed by atoms with Gasteiger partial charge in [0.15, 0.2) is 28.4 Å². The van der Waals surface area contributed by atoms with Gasteiger partial charge in [-0.3, -0.25) is 14.7 Å². The highest BCUT2D eigenvalue weighted by Gasteiger charge is 2.53. The van der Waals surface area contributed by atoms with Crippen molar-refractivity contribution in [1.82, 2.24) is 20.1 Å². The normalized spacial score (nSPS) is 19.6. The lowest BCUT2D eigenvalue weighted by Gasteiger charge is -2.38. The Morgan fingerprint density at radius 3 is 2.45 bits per heavy atom. The highest BCUT2D eigenvalue weighted by Crippen LogP contribution is 2.36. The quantitative estimate of drug-likeness (QED) is 0.205. The van der Waals surface area contributed by atoms with Gasteiger partial charge in [0.2, 0.25) is 11.8 Å². The zero-order chi connectivity index (χ0) is 30.8. The molecule has 2 saturated heterocycles. The molecule has 2 aliphatic rings. The number of halogens is 3. The fourth-order valence-corrected chi connectivity index (χ4v) is 5.19. The number of anilines is 3. The number of aromatic amines is 1. The van der Waals surface area contributed by atoms with E-state index in [0.717, 1.165) is 19.2 Å². The first-order chi connectivity index (χ1) is 21.3. The molecular formula is C30H30F3N7O4. The number of benzene rings is 2. The molecule has 2 aromatic heterocycles. The monoisotopic (exact) mass is 609 g/mol. The number of nitrogens with zero attached hydrogens (tertiary/aromatic N) is 3. The third-order valence-electron chi connectivity index (χ3n) is 7.90. The average Bonchev–Trinajstić information content (AvgIpc) is 3.39. The number of hydrogen-bond acceptors (Lipinski definition) is 8. The molecular weight excluding hydrogens is 579 g/mol. The van der Waals surface area contributed by atoms with Gasteiger partial charge in [0, 0.05) is 42.8 Å². The van der Waals surface area contributed by atoms with E-state index in [2.05, 4.69) is 31.1 Å². The van der Waals surface area contributed by atoms with Crippen molar-refractivity contribution >= 4 is 40.0 Å². The maximum atomic E-state index is 15.3. The number of nitrogens with one attached hydrogen (secondary N) is 4. The fraction of sp³-hybridized carbons (Fsp3) is 0.333. The van der Waals surface area contributed by atoms with Gasteiger partial charge in [0.25, 0.3) is 0 Å². The van der Waals surface area contributed by atoms with Crippen LogP contribution >= 0.6 is 0 Å². The number of hydrogen-bond donors (Lipinski definition) is 4. The predicted molar refractivity (Wildman–Crippen MR) is 156 cm³/mol. The van der Waals surface area contributed by atoms with Gasteiger partial charge in [-0.05, 0) is 49.4 Å². The molecule has 2 aromatic carbocycles. The van der Waals surface area contributed by atoms with E-state index in [4.69, 9.17) is 9.47 Å². The summed E-state index contributed by atoms with van der Waals surface area (Å²) in [6.45, 7) is 3.49. The minimum atomic E-state index is -1.54. The molecule has 4 heterocycles. The summed E-state index contributed by atoms with van der Waals surface area (Å²) in [5.41, 5.74) is -0.754. The van der Waals surface area contributed by atoms with E-state index in [1.165, 1.54) is 42.6 Å². The fourth-order valence-electron chi connectivity index (χ4n) is 5.19. The van der Waals surface area contributed by atoms with Gasteiger partial charge in [-0.15, -0.1) is 0 Å². The lowest BCUT2D eigenvalue weighted by molar-refractivity contribution is -0.166. The topological polar surface area (TPSA) is 134 Å². The Labute approximate surface area is 250 Å². The number of likely N-dealkylation sites (tertiary alicyclic amines) is 1. The smallest absolute Gasteiger partial charge is 0.244 e. The van der Waals surface area contributed by atoms with Crippen LogP contribution in [0.2, 0.25) is 0 Å². The van der Waals surface area contributed by atoms with Crippen LogP contribution in [0.25, 0.3) is 11.0 Å². The molecule has 2 atom stereocenters. The van der Waals surface area contributed by atoms with Crippen molar-refractivity contribution in [2.45, 2.75) is 25.6 Å². The third-order valence-corrected chi connectivity index (χ3v) is 7.90. The van der Waals surface area contributed by atoms with Crippen molar-refractivity contribution in [3.8, 4) is 11.5 Å². The van der Waals surface area contributed by atoms with Crippen molar-refractivity contribution in [3.63, 3.8) is 0 Å². The minimum Gasteiger partial charge on any atom is -0.453 e. The van der Waals surface area contributed by atoms with Crippen LogP contribution in [0.3, 0.4) is 0 Å². The van der Waals surface area contributed by atoms with Crippen LogP contribution < -0.4 is 20.7 Å².